The quantitative estimate of drug-likeness (QED) is 0.189. The molecule has 0 amide bonds. The van der Waals surface area contributed by atoms with Gasteiger partial charge in [-0.05, 0) is 11.8 Å². The van der Waals surface area contributed by atoms with Crippen molar-refractivity contribution in [3.8, 4) is 5.88 Å². The Labute approximate surface area is 177 Å². The summed E-state index contributed by atoms with van der Waals surface area (Å²) in [6.45, 7) is -5.32. The molecule has 0 bridgehead atoms. The summed E-state index contributed by atoms with van der Waals surface area (Å²) in [7, 11) is -11.0. The third-order valence-electron chi connectivity index (χ3n) is 3.73. The van der Waals surface area contributed by atoms with E-state index in [0.717, 1.165) is 17.2 Å². The molecule has 17 nitrogen and oxygen atoms in total. The van der Waals surface area contributed by atoms with Crippen LogP contribution in [-0.4, -0.2) is 79.3 Å². The van der Waals surface area contributed by atoms with E-state index in [1.807, 2.05) is 0 Å². The summed E-state index contributed by atoms with van der Waals surface area (Å²) in [5, 5.41) is 29.2. The van der Waals surface area contributed by atoms with Crippen molar-refractivity contribution in [1.29, 1.82) is 0 Å². The second kappa shape index (κ2) is 8.78. The highest BCUT2D eigenvalue weighted by atomic mass is 32.5. The molecule has 1 saturated heterocycles. The van der Waals surface area contributed by atoms with Crippen LogP contribution in [0.4, 0.5) is 0 Å². The molecule has 3 heterocycles. The van der Waals surface area contributed by atoms with Crippen molar-refractivity contribution in [3.05, 3.63) is 12.7 Å². The van der Waals surface area contributed by atoms with Gasteiger partial charge in [0, 0.05) is 0 Å². The molecule has 2 unspecified atom stereocenters. The summed E-state index contributed by atoms with van der Waals surface area (Å²) >= 11 is 3.98. The van der Waals surface area contributed by atoms with Crippen molar-refractivity contribution in [2.45, 2.75) is 24.5 Å². The lowest BCUT2D eigenvalue weighted by Crippen LogP contribution is -2.33. The molecule has 1 fully saturated rings. The van der Waals surface area contributed by atoms with Gasteiger partial charge >= 0.3 is 22.4 Å². The Morgan fingerprint density at radius 2 is 1.74 bits per heavy atom. The molecule has 1 aliphatic rings. The number of fused-ring (bicyclic) bond motifs is 1. The average Bonchev–Trinajstić information content (AvgIpc) is 3.14. The first-order chi connectivity index (χ1) is 14.2. The Kier molecular flexibility index (Phi) is 6.99. The molecule has 31 heavy (non-hydrogen) atoms. The van der Waals surface area contributed by atoms with Crippen LogP contribution in [0.5, 0.6) is 5.88 Å². The molecule has 0 saturated carbocycles. The number of imidazole rings is 1. The Bertz CT molecular complexity index is 1110. The van der Waals surface area contributed by atoms with Crippen LogP contribution in [-0.2, 0) is 34.3 Å². The van der Waals surface area contributed by atoms with Crippen molar-refractivity contribution in [2.75, 3.05) is 6.61 Å². The van der Waals surface area contributed by atoms with E-state index < -0.39 is 59.4 Å². The molecule has 21 heteroatoms. The van der Waals surface area contributed by atoms with Crippen LogP contribution in [0.25, 0.3) is 11.2 Å². The van der Waals surface area contributed by atoms with Crippen molar-refractivity contribution in [1.82, 2.24) is 19.5 Å². The highest BCUT2D eigenvalue weighted by Crippen LogP contribution is 2.66. The number of ether oxygens (including phenoxy) is 1. The molecule has 7 N–H and O–H groups in total. The summed E-state index contributed by atoms with van der Waals surface area (Å²) in [6.07, 6.45) is -3.36. The smallest absolute Gasteiger partial charge is 0.394 e. The summed E-state index contributed by atoms with van der Waals surface area (Å²) < 4.78 is 42.4. The summed E-state index contributed by atoms with van der Waals surface area (Å²) in [4.78, 5) is 48.1. The molecule has 2 aromatic heterocycles. The van der Waals surface area contributed by atoms with E-state index in [4.69, 9.17) is 14.5 Å². The zero-order valence-corrected chi connectivity index (χ0v) is 18.3. The van der Waals surface area contributed by atoms with Gasteiger partial charge in [0.25, 0.3) is 5.88 Å². The van der Waals surface area contributed by atoms with E-state index in [-0.39, 0.29) is 11.2 Å². The Morgan fingerprint density at radius 3 is 2.32 bits per heavy atom. The number of rotatable bonds is 8. The van der Waals surface area contributed by atoms with E-state index in [1.165, 1.54) is 0 Å². The van der Waals surface area contributed by atoms with Crippen LogP contribution in [0.2, 0.25) is 0 Å². The molecular weight excluding hydrogens is 509 g/mol. The minimum Gasteiger partial charge on any atom is -0.394 e. The van der Waals surface area contributed by atoms with Crippen molar-refractivity contribution < 1.29 is 61.9 Å². The van der Waals surface area contributed by atoms with Crippen molar-refractivity contribution in [2.24, 2.45) is 0 Å². The maximum atomic E-state index is 12.1. The molecule has 0 aromatic carbocycles. The number of nitrogens with zero attached hydrogens (tertiary/aromatic N) is 4. The summed E-state index contributed by atoms with van der Waals surface area (Å²) in [5.74, 6) is -0.714. The lowest BCUT2D eigenvalue weighted by atomic mass is 10.1. The predicted molar refractivity (Wildman–Crippen MR) is 99.5 cm³/mol. The van der Waals surface area contributed by atoms with Crippen molar-refractivity contribution in [3.63, 3.8) is 0 Å². The van der Waals surface area contributed by atoms with Crippen LogP contribution in [0.3, 0.4) is 0 Å². The van der Waals surface area contributed by atoms with Crippen LogP contribution in [0.15, 0.2) is 12.7 Å². The van der Waals surface area contributed by atoms with E-state index >= 15 is 0 Å². The van der Waals surface area contributed by atoms with Crippen LogP contribution >= 0.6 is 22.4 Å². The molecule has 0 aliphatic carbocycles. The van der Waals surface area contributed by atoms with Gasteiger partial charge in [-0.25, -0.2) is 23.4 Å². The second-order valence-corrected chi connectivity index (χ2v) is 11.7. The number of phosphoric acid groups is 2. The van der Waals surface area contributed by atoms with Gasteiger partial charge in [0.05, 0.1) is 12.9 Å². The Hall–Kier alpha value is -0.940. The number of hydrogen-bond donors (Lipinski definition) is 7. The lowest BCUT2D eigenvalue weighted by molar-refractivity contribution is -0.0511. The van der Waals surface area contributed by atoms with E-state index in [1.54, 1.807) is 0 Å². The zero-order chi connectivity index (χ0) is 23.2. The molecule has 2 aromatic rings. The lowest BCUT2D eigenvalue weighted by Gasteiger charge is -2.18. The first kappa shape index (κ1) is 24.7. The average molecular weight is 524 g/mol. The maximum Gasteiger partial charge on any atom is 0.537 e. The Morgan fingerprint density at radius 1 is 1.06 bits per heavy atom. The number of aliphatic hydroxyl groups excluding tert-OH is 3. The standard InChI is InChI=1S/C10H15N4O13P3S/c15-1-4-6(16)7(17)10(24-4)14-3-13-5-8(14)11-2-12-9(5)25-28(18,19)26-29(20,21)27-30(22,23)31/h2-4,6-7,10,15-17H,1H2,(H,18,19)(H,20,21)(H2,22,23,31)/t4-,6-,7-,10-/m1/s1. The molecule has 174 valence electrons. The second-order valence-electron chi connectivity index (χ2n) is 5.91. The SMILES string of the molecule is O=P(O)(Oc1ncnc2c1ncn2[C@@H]1O[C@H](CO)[C@@H](O)[C@H]1O)OP(=O)(O)OP(O)(O)=S. The molecule has 1 aliphatic heterocycles. The predicted octanol–water partition coefficient (Wildman–Crippen LogP) is -1.74. The third kappa shape index (κ3) is 5.71. The highest BCUT2D eigenvalue weighted by Gasteiger charge is 2.44. The molecule has 6 atom stereocenters. The molecule has 0 radical (unpaired) electrons. The fraction of sp³-hybridized carbons (Fsp3) is 0.500. The van der Waals surface area contributed by atoms with Gasteiger partial charge in [0.1, 0.15) is 24.6 Å². The van der Waals surface area contributed by atoms with E-state index in [2.05, 4.69) is 39.9 Å². The largest absolute Gasteiger partial charge is 0.537 e. The monoisotopic (exact) mass is 524 g/mol. The minimum absolute atomic E-state index is 0.121. The topological polar surface area (TPSA) is 256 Å². The maximum absolute atomic E-state index is 12.1. The Balaban J connectivity index is 1.87. The normalized spacial score (nSPS) is 28.4. The number of aromatic nitrogens is 4. The van der Waals surface area contributed by atoms with Crippen LogP contribution < -0.4 is 4.52 Å². The van der Waals surface area contributed by atoms with E-state index in [0.29, 0.717) is 0 Å². The highest BCUT2D eigenvalue weighted by molar-refractivity contribution is 8.08. The summed E-state index contributed by atoms with van der Waals surface area (Å²) in [5.41, 5.74) is -0.411. The first-order valence-corrected chi connectivity index (χ1v) is 13.5. The van der Waals surface area contributed by atoms with Gasteiger partial charge in [-0.2, -0.15) is 9.29 Å². The van der Waals surface area contributed by atoms with Gasteiger partial charge in [-0.1, -0.05) is 0 Å². The van der Waals surface area contributed by atoms with E-state index in [9.17, 15) is 34.2 Å². The first-order valence-electron chi connectivity index (χ1n) is 7.86. The van der Waals surface area contributed by atoms with Gasteiger partial charge in [-0.3, -0.25) is 9.46 Å². The van der Waals surface area contributed by atoms with Gasteiger partial charge in [-0.15, -0.1) is 0 Å². The van der Waals surface area contributed by atoms with Gasteiger partial charge in [0.2, 0.25) is 0 Å². The van der Waals surface area contributed by atoms with Crippen LogP contribution in [0.1, 0.15) is 6.23 Å². The van der Waals surface area contributed by atoms with Crippen LogP contribution in [0, 0.1) is 0 Å². The zero-order valence-electron chi connectivity index (χ0n) is 14.8. The number of aliphatic hydroxyl groups is 3. The number of phosphoric ester groups is 1. The van der Waals surface area contributed by atoms with Crippen molar-refractivity contribution >= 4 is 45.3 Å². The van der Waals surface area contributed by atoms with Gasteiger partial charge in [0.15, 0.2) is 17.4 Å². The molecule has 3 rings (SSSR count). The third-order valence-corrected chi connectivity index (χ3v) is 8.07. The fourth-order valence-corrected chi connectivity index (χ4v) is 6.35. The fourth-order valence-electron chi connectivity index (χ4n) is 2.60. The molecule has 0 spiro atoms. The molecular formula is C10H15N4O13P3S. The summed E-state index contributed by atoms with van der Waals surface area (Å²) in [6, 6.07) is 0. The van der Waals surface area contributed by atoms with Gasteiger partial charge < -0.3 is 39.3 Å². The minimum atomic E-state index is -5.54. The number of hydrogen-bond acceptors (Lipinski definition) is 13.